The molecule has 1 aliphatic heterocycles. The Morgan fingerprint density at radius 2 is 1.77 bits per heavy atom. The van der Waals surface area contributed by atoms with Crippen LogP contribution in [0.15, 0.2) is 36.4 Å². The number of hydrogen-bond donors (Lipinski definition) is 4. The van der Waals surface area contributed by atoms with E-state index >= 15 is 0 Å². The van der Waals surface area contributed by atoms with Gasteiger partial charge in [-0.15, -0.1) is 11.8 Å². The average molecular weight is 375 g/mol. The van der Waals surface area contributed by atoms with Crippen LogP contribution >= 0.6 is 11.8 Å². The van der Waals surface area contributed by atoms with Gasteiger partial charge in [-0.25, -0.2) is 0 Å². The summed E-state index contributed by atoms with van der Waals surface area (Å²) in [5, 5.41) is 39.4. The van der Waals surface area contributed by atoms with Gasteiger partial charge in [0.05, 0.1) is 24.1 Å². The second-order valence-corrected chi connectivity index (χ2v) is 8.59. The molecule has 0 aliphatic carbocycles. The van der Waals surface area contributed by atoms with Crippen LogP contribution in [0.4, 0.5) is 0 Å². The maximum atomic E-state index is 10.5. The Balaban J connectivity index is 1.89. The lowest BCUT2D eigenvalue weighted by Gasteiger charge is -2.36. The first-order chi connectivity index (χ1) is 12.4. The summed E-state index contributed by atoms with van der Waals surface area (Å²) in [6.07, 6.45) is -0.727. The number of phenolic OH excluding ortho intramolecular Hbond substituents is 1. The second-order valence-electron chi connectivity index (χ2n) is 7.14. The lowest BCUT2D eigenvalue weighted by molar-refractivity contribution is -0.000283. The van der Waals surface area contributed by atoms with Crippen molar-refractivity contribution in [2.45, 2.75) is 49.4 Å². The molecule has 0 spiro atoms. The molecule has 4 nitrogen and oxygen atoms in total. The molecule has 140 valence electrons. The summed E-state index contributed by atoms with van der Waals surface area (Å²) in [6, 6.07) is 12.2. The largest absolute Gasteiger partial charge is 0.508 e. The topological polar surface area (TPSA) is 80.9 Å². The Hall–Kier alpha value is -1.53. The molecule has 1 heterocycles. The van der Waals surface area contributed by atoms with Crippen LogP contribution in [-0.4, -0.2) is 44.5 Å². The number of aliphatic hydroxyl groups excluding tert-OH is 3. The van der Waals surface area contributed by atoms with E-state index in [9.17, 15) is 20.4 Å². The average Bonchev–Trinajstić information content (AvgIpc) is 2.61. The molecule has 5 heteroatoms. The van der Waals surface area contributed by atoms with E-state index in [4.69, 9.17) is 0 Å². The van der Waals surface area contributed by atoms with E-state index in [-0.39, 0.29) is 17.6 Å². The first-order valence-electron chi connectivity index (χ1n) is 8.89. The molecule has 0 saturated carbocycles. The molecule has 26 heavy (non-hydrogen) atoms. The van der Waals surface area contributed by atoms with Gasteiger partial charge in [-0.2, -0.15) is 0 Å². The SMILES string of the molecule is Cc1ccc(Cc2cc(C3CC(O)[C@H](O)C(CO)S3)c(O)cc2C)cc1. The summed E-state index contributed by atoms with van der Waals surface area (Å²) in [4.78, 5) is 0. The summed E-state index contributed by atoms with van der Waals surface area (Å²) in [7, 11) is 0. The number of rotatable bonds is 4. The highest BCUT2D eigenvalue weighted by Crippen LogP contribution is 2.46. The second kappa shape index (κ2) is 8.01. The molecular weight excluding hydrogens is 348 g/mol. The molecule has 4 atom stereocenters. The number of phenols is 1. The molecule has 2 aromatic rings. The van der Waals surface area contributed by atoms with E-state index in [2.05, 4.69) is 31.2 Å². The molecule has 0 amide bonds. The minimum Gasteiger partial charge on any atom is -0.508 e. The highest BCUT2D eigenvalue weighted by molar-refractivity contribution is 8.00. The predicted octanol–water partition coefficient (Wildman–Crippen LogP) is 2.86. The molecule has 3 rings (SSSR count). The fourth-order valence-electron chi connectivity index (χ4n) is 3.44. The van der Waals surface area contributed by atoms with Crippen molar-refractivity contribution < 1.29 is 20.4 Å². The van der Waals surface area contributed by atoms with E-state index in [1.54, 1.807) is 6.07 Å². The molecule has 1 aliphatic rings. The van der Waals surface area contributed by atoms with Crippen LogP contribution in [0.5, 0.6) is 5.75 Å². The lowest BCUT2D eigenvalue weighted by Crippen LogP contribution is -2.42. The minimum atomic E-state index is -0.944. The zero-order chi connectivity index (χ0) is 18.8. The lowest BCUT2D eigenvalue weighted by atomic mass is 9.93. The van der Waals surface area contributed by atoms with Crippen molar-refractivity contribution in [3.05, 3.63) is 64.2 Å². The maximum Gasteiger partial charge on any atom is 0.120 e. The van der Waals surface area contributed by atoms with Gasteiger partial charge >= 0.3 is 0 Å². The van der Waals surface area contributed by atoms with Crippen LogP contribution in [0, 0.1) is 13.8 Å². The van der Waals surface area contributed by atoms with Gasteiger partial charge in [0.2, 0.25) is 0 Å². The summed E-state index contributed by atoms with van der Waals surface area (Å²) in [5.74, 6) is 0.202. The first-order valence-corrected chi connectivity index (χ1v) is 9.83. The van der Waals surface area contributed by atoms with Gasteiger partial charge in [0.15, 0.2) is 0 Å². The number of hydrogen-bond acceptors (Lipinski definition) is 5. The summed E-state index contributed by atoms with van der Waals surface area (Å²) >= 11 is 1.41. The first kappa shape index (κ1) is 19.2. The normalized spacial score (nSPS) is 26.0. The molecule has 4 N–H and O–H groups in total. The number of aromatic hydroxyl groups is 1. The maximum absolute atomic E-state index is 10.5. The third-order valence-corrected chi connectivity index (χ3v) is 6.65. The molecule has 0 radical (unpaired) electrons. The van der Waals surface area contributed by atoms with Crippen LogP contribution in [0.25, 0.3) is 0 Å². The Labute approximate surface area is 158 Å². The van der Waals surface area contributed by atoms with Crippen molar-refractivity contribution in [2.24, 2.45) is 0 Å². The quantitative estimate of drug-likeness (QED) is 0.662. The molecular formula is C21H26O4S. The summed E-state index contributed by atoms with van der Waals surface area (Å²) in [5.41, 5.74) is 5.33. The summed E-state index contributed by atoms with van der Waals surface area (Å²) in [6.45, 7) is 3.84. The van der Waals surface area contributed by atoms with E-state index in [0.717, 1.165) is 23.1 Å². The van der Waals surface area contributed by atoms with Gasteiger partial charge in [0.25, 0.3) is 0 Å². The molecule has 0 bridgehead atoms. The molecule has 1 fully saturated rings. The number of aliphatic hydroxyl groups is 3. The molecule has 3 unspecified atom stereocenters. The molecule has 2 aromatic carbocycles. The van der Waals surface area contributed by atoms with Crippen molar-refractivity contribution in [2.75, 3.05) is 6.61 Å². The van der Waals surface area contributed by atoms with Crippen LogP contribution in [0.3, 0.4) is 0 Å². The van der Waals surface area contributed by atoms with Gasteiger partial charge in [0, 0.05) is 10.8 Å². The highest BCUT2D eigenvalue weighted by Gasteiger charge is 2.37. The van der Waals surface area contributed by atoms with Gasteiger partial charge < -0.3 is 20.4 Å². The molecule has 0 aromatic heterocycles. The third kappa shape index (κ3) is 4.07. The van der Waals surface area contributed by atoms with E-state index in [1.165, 1.54) is 22.9 Å². The fraction of sp³-hybridized carbons (Fsp3) is 0.429. The van der Waals surface area contributed by atoms with E-state index in [0.29, 0.717) is 6.42 Å². The zero-order valence-corrected chi connectivity index (χ0v) is 15.9. The number of benzene rings is 2. The van der Waals surface area contributed by atoms with Gasteiger partial charge in [0.1, 0.15) is 5.75 Å². The van der Waals surface area contributed by atoms with Crippen molar-refractivity contribution in [3.63, 3.8) is 0 Å². The standard InChI is InChI=1S/C21H26O4S/c1-12-3-5-14(6-4-12)8-15-9-16(17(23)7-13(15)2)19-10-18(24)21(25)20(11-22)26-19/h3-7,9,18-25H,8,10-11H2,1-2H3/t18?,19?,20?,21-/m0/s1. The van der Waals surface area contributed by atoms with E-state index in [1.807, 2.05) is 13.0 Å². The van der Waals surface area contributed by atoms with Crippen molar-refractivity contribution in [1.82, 2.24) is 0 Å². The highest BCUT2D eigenvalue weighted by atomic mass is 32.2. The third-order valence-electron chi connectivity index (χ3n) is 5.10. The Bertz CT molecular complexity index is 759. The Morgan fingerprint density at radius 3 is 2.42 bits per heavy atom. The van der Waals surface area contributed by atoms with E-state index < -0.39 is 17.5 Å². The van der Waals surface area contributed by atoms with Crippen molar-refractivity contribution in [3.8, 4) is 5.75 Å². The van der Waals surface area contributed by atoms with Crippen LogP contribution < -0.4 is 0 Å². The predicted molar refractivity (Wildman–Crippen MR) is 105 cm³/mol. The Kier molecular flexibility index (Phi) is 5.92. The Morgan fingerprint density at radius 1 is 1.08 bits per heavy atom. The van der Waals surface area contributed by atoms with Crippen molar-refractivity contribution >= 4 is 11.8 Å². The number of thioether (sulfide) groups is 1. The van der Waals surface area contributed by atoms with Crippen LogP contribution in [0.1, 0.15) is 39.5 Å². The van der Waals surface area contributed by atoms with Gasteiger partial charge in [-0.3, -0.25) is 0 Å². The monoisotopic (exact) mass is 374 g/mol. The van der Waals surface area contributed by atoms with Crippen LogP contribution in [-0.2, 0) is 6.42 Å². The van der Waals surface area contributed by atoms with Crippen LogP contribution in [0.2, 0.25) is 0 Å². The van der Waals surface area contributed by atoms with Gasteiger partial charge in [-0.1, -0.05) is 35.9 Å². The number of aryl methyl sites for hydroxylation is 2. The zero-order valence-electron chi connectivity index (χ0n) is 15.1. The van der Waals surface area contributed by atoms with Gasteiger partial charge in [-0.05, 0) is 49.4 Å². The molecule has 1 saturated heterocycles. The fourth-order valence-corrected chi connectivity index (χ4v) is 4.93. The minimum absolute atomic E-state index is 0.164. The smallest absolute Gasteiger partial charge is 0.120 e. The van der Waals surface area contributed by atoms with Crippen molar-refractivity contribution in [1.29, 1.82) is 0 Å². The summed E-state index contributed by atoms with van der Waals surface area (Å²) < 4.78 is 0.